The highest BCUT2D eigenvalue weighted by molar-refractivity contribution is 7.92. The Bertz CT molecular complexity index is 624. The van der Waals surface area contributed by atoms with Gasteiger partial charge in [-0.05, 0) is 17.5 Å². The number of rotatable bonds is 5. The van der Waals surface area contributed by atoms with E-state index in [9.17, 15) is 18.3 Å². The second kappa shape index (κ2) is 6.15. The van der Waals surface area contributed by atoms with E-state index in [1.807, 2.05) is 32.0 Å². The van der Waals surface area contributed by atoms with Crippen LogP contribution in [0.25, 0.3) is 0 Å². The SMILES string of the molecule is CC(C)CS(=O)(=O)CC(=O)N1CC(CO)c2ccccc21. The number of para-hydroxylation sites is 1. The standard InChI is InChI=1S/C15H21NO4S/c1-11(2)9-21(19,20)10-15(18)16-7-12(8-17)13-5-3-4-6-14(13)16/h3-6,11-12,17H,7-10H2,1-2H3. The molecule has 116 valence electrons. The highest BCUT2D eigenvalue weighted by Crippen LogP contribution is 2.35. The molecule has 6 heteroatoms. The molecule has 0 aliphatic carbocycles. The molecule has 1 atom stereocenters. The molecule has 1 aliphatic rings. The van der Waals surface area contributed by atoms with Crippen LogP contribution in [0.5, 0.6) is 0 Å². The largest absolute Gasteiger partial charge is 0.396 e. The fraction of sp³-hybridized carbons (Fsp3) is 0.533. The summed E-state index contributed by atoms with van der Waals surface area (Å²) < 4.78 is 23.9. The van der Waals surface area contributed by atoms with Gasteiger partial charge in [-0.15, -0.1) is 0 Å². The van der Waals surface area contributed by atoms with E-state index in [2.05, 4.69) is 0 Å². The fourth-order valence-corrected chi connectivity index (χ4v) is 4.39. The van der Waals surface area contributed by atoms with Crippen LogP contribution in [-0.2, 0) is 14.6 Å². The molecule has 0 spiro atoms. The molecule has 0 saturated heterocycles. The monoisotopic (exact) mass is 311 g/mol. The number of sulfone groups is 1. The van der Waals surface area contributed by atoms with E-state index >= 15 is 0 Å². The molecule has 1 N–H and O–H groups in total. The van der Waals surface area contributed by atoms with Gasteiger partial charge in [-0.1, -0.05) is 32.0 Å². The summed E-state index contributed by atoms with van der Waals surface area (Å²) in [6.07, 6.45) is 0. The van der Waals surface area contributed by atoms with Crippen molar-refractivity contribution >= 4 is 21.4 Å². The molecule has 0 bridgehead atoms. The zero-order chi connectivity index (χ0) is 15.6. The number of anilines is 1. The minimum atomic E-state index is -3.40. The second-order valence-electron chi connectivity index (χ2n) is 5.89. The smallest absolute Gasteiger partial charge is 0.242 e. The number of nitrogens with zero attached hydrogens (tertiary/aromatic N) is 1. The lowest BCUT2D eigenvalue weighted by Crippen LogP contribution is -2.36. The number of carbonyl (C=O) groups is 1. The van der Waals surface area contributed by atoms with Crippen LogP contribution in [-0.4, -0.2) is 44.1 Å². The Kier molecular flexibility index (Phi) is 4.68. The Morgan fingerprint density at radius 3 is 2.67 bits per heavy atom. The number of fused-ring (bicyclic) bond motifs is 1. The van der Waals surface area contributed by atoms with Crippen molar-refractivity contribution in [3.8, 4) is 0 Å². The van der Waals surface area contributed by atoms with Crippen LogP contribution in [0.3, 0.4) is 0 Å². The first-order valence-corrected chi connectivity index (χ1v) is 8.86. The maximum atomic E-state index is 12.3. The minimum Gasteiger partial charge on any atom is -0.396 e. The van der Waals surface area contributed by atoms with Crippen LogP contribution in [0.2, 0.25) is 0 Å². The summed E-state index contributed by atoms with van der Waals surface area (Å²) in [7, 11) is -3.40. The molecule has 21 heavy (non-hydrogen) atoms. The van der Waals surface area contributed by atoms with Crippen LogP contribution in [0.15, 0.2) is 24.3 Å². The van der Waals surface area contributed by atoms with Gasteiger partial charge in [0.2, 0.25) is 5.91 Å². The van der Waals surface area contributed by atoms with Gasteiger partial charge in [0.15, 0.2) is 9.84 Å². The lowest BCUT2D eigenvalue weighted by molar-refractivity contribution is -0.116. The van der Waals surface area contributed by atoms with E-state index in [-0.39, 0.29) is 24.2 Å². The van der Waals surface area contributed by atoms with Crippen molar-refractivity contribution in [2.45, 2.75) is 19.8 Å². The third-order valence-corrected chi connectivity index (χ3v) is 5.38. The zero-order valence-corrected chi connectivity index (χ0v) is 13.1. The second-order valence-corrected chi connectivity index (χ2v) is 8.00. The van der Waals surface area contributed by atoms with Gasteiger partial charge in [-0.3, -0.25) is 4.79 Å². The molecule has 1 heterocycles. The van der Waals surface area contributed by atoms with Crippen molar-refractivity contribution in [3.05, 3.63) is 29.8 Å². The molecule has 0 saturated carbocycles. The molecule has 1 aromatic rings. The molecule has 0 aromatic heterocycles. The van der Waals surface area contributed by atoms with E-state index in [1.165, 1.54) is 4.90 Å². The van der Waals surface area contributed by atoms with E-state index in [1.54, 1.807) is 6.07 Å². The molecule has 1 aliphatic heterocycles. The van der Waals surface area contributed by atoms with Crippen LogP contribution >= 0.6 is 0 Å². The first-order chi connectivity index (χ1) is 9.84. The van der Waals surface area contributed by atoms with Crippen molar-refractivity contribution < 1.29 is 18.3 Å². The predicted octanol–water partition coefficient (Wildman–Crippen LogP) is 1.18. The van der Waals surface area contributed by atoms with Crippen molar-refractivity contribution in [1.82, 2.24) is 0 Å². The minimum absolute atomic E-state index is 0.00106. The van der Waals surface area contributed by atoms with Crippen LogP contribution in [0, 0.1) is 5.92 Å². The van der Waals surface area contributed by atoms with Gasteiger partial charge in [0.1, 0.15) is 5.75 Å². The molecule has 1 amide bonds. The van der Waals surface area contributed by atoms with Crippen molar-refractivity contribution in [1.29, 1.82) is 0 Å². The average molecular weight is 311 g/mol. The summed E-state index contributed by atoms with van der Waals surface area (Å²) in [4.78, 5) is 13.8. The number of amides is 1. The Hall–Kier alpha value is -1.40. The van der Waals surface area contributed by atoms with E-state index < -0.39 is 21.5 Å². The number of carbonyl (C=O) groups excluding carboxylic acids is 1. The third-order valence-electron chi connectivity index (χ3n) is 3.52. The van der Waals surface area contributed by atoms with Crippen LogP contribution in [0.1, 0.15) is 25.3 Å². The van der Waals surface area contributed by atoms with Gasteiger partial charge in [0.05, 0.1) is 12.4 Å². The number of benzene rings is 1. The van der Waals surface area contributed by atoms with E-state index in [0.717, 1.165) is 5.56 Å². The zero-order valence-electron chi connectivity index (χ0n) is 12.3. The molecular formula is C15H21NO4S. The van der Waals surface area contributed by atoms with E-state index in [4.69, 9.17) is 0 Å². The molecule has 1 aromatic carbocycles. The number of aliphatic hydroxyl groups is 1. The Balaban J connectivity index is 2.18. The predicted molar refractivity (Wildman–Crippen MR) is 82.1 cm³/mol. The maximum absolute atomic E-state index is 12.3. The van der Waals surface area contributed by atoms with Crippen molar-refractivity contribution in [2.24, 2.45) is 5.92 Å². The first kappa shape index (κ1) is 16.0. The molecule has 2 rings (SSSR count). The summed E-state index contributed by atoms with van der Waals surface area (Å²) in [5, 5.41) is 9.41. The Labute approximate surface area is 125 Å². The third kappa shape index (κ3) is 3.63. The average Bonchev–Trinajstić information content (AvgIpc) is 2.75. The number of aliphatic hydroxyl groups excluding tert-OH is 1. The molecule has 5 nitrogen and oxygen atoms in total. The molecule has 1 unspecified atom stereocenters. The highest BCUT2D eigenvalue weighted by Gasteiger charge is 2.33. The number of hydrogen-bond acceptors (Lipinski definition) is 4. The lowest BCUT2D eigenvalue weighted by atomic mass is 10.0. The van der Waals surface area contributed by atoms with Crippen LogP contribution < -0.4 is 4.90 Å². The first-order valence-electron chi connectivity index (χ1n) is 7.04. The fourth-order valence-electron chi connectivity index (χ4n) is 2.72. The summed E-state index contributed by atoms with van der Waals surface area (Å²) in [5.41, 5.74) is 1.61. The van der Waals surface area contributed by atoms with Crippen molar-refractivity contribution in [3.63, 3.8) is 0 Å². The van der Waals surface area contributed by atoms with Crippen molar-refractivity contribution in [2.75, 3.05) is 29.6 Å². The van der Waals surface area contributed by atoms with Gasteiger partial charge < -0.3 is 10.0 Å². The topological polar surface area (TPSA) is 74.7 Å². The lowest BCUT2D eigenvalue weighted by Gasteiger charge is -2.18. The van der Waals surface area contributed by atoms with Gasteiger partial charge >= 0.3 is 0 Å². The highest BCUT2D eigenvalue weighted by atomic mass is 32.2. The number of hydrogen-bond donors (Lipinski definition) is 1. The van der Waals surface area contributed by atoms with Gasteiger partial charge in [-0.2, -0.15) is 0 Å². The normalized spacial score (nSPS) is 18.1. The Morgan fingerprint density at radius 2 is 2.05 bits per heavy atom. The van der Waals surface area contributed by atoms with Gasteiger partial charge in [-0.25, -0.2) is 8.42 Å². The summed E-state index contributed by atoms with van der Waals surface area (Å²) >= 11 is 0. The molecule has 0 fully saturated rings. The maximum Gasteiger partial charge on any atom is 0.242 e. The molecular weight excluding hydrogens is 290 g/mol. The molecule has 0 radical (unpaired) electrons. The van der Waals surface area contributed by atoms with Gasteiger partial charge in [0.25, 0.3) is 0 Å². The quantitative estimate of drug-likeness (QED) is 0.886. The van der Waals surface area contributed by atoms with Crippen LogP contribution in [0.4, 0.5) is 5.69 Å². The summed E-state index contributed by atoms with van der Waals surface area (Å²) in [6, 6.07) is 7.32. The van der Waals surface area contributed by atoms with Gasteiger partial charge in [0, 0.05) is 18.2 Å². The summed E-state index contributed by atoms with van der Waals surface area (Å²) in [6.45, 7) is 3.91. The Morgan fingerprint density at radius 1 is 1.38 bits per heavy atom. The summed E-state index contributed by atoms with van der Waals surface area (Å²) in [5.74, 6) is -1.02. The van der Waals surface area contributed by atoms with E-state index in [0.29, 0.717) is 12.2 Å².